The monoisotopic (exact) mass is 706 g/mol. The van der Waals surface area contributed by atoms with Crippen LogP contribution in [0.3, 0.4) is 0 Å². The van der Waals surface area contributed by atoms with Crippen molar-refractivity contribution >= 4 is 54.5 Å². The third kappa shape index (κ3) is 4.90. The maximum atomic E-state index is 10.1. The fourth-order valence-corrected chi connectivity index (χ4v) is 6.72. The number of para-hydroxylation sites is 2. The molecular weight excluding hydrogens is 661 g/mol. The lowest BCUT2D eigenvalue weighted by Gasteiger charge is -2.13. The van der Waals surface area contributed by atoms with Crippen LogP contribution in [0.2, 0.25) is 0 Å². The molecule has 5 heteroatoms. The Morgan fingerprint density at radius 3 is 1.69 bits per heavy atom. The fraction of sp³-hybridized carbons (Fsp3) is 0. The summed E-state index contributed by atoms with van der Waals surface area (Å²) in [5.41, 5.74) is 0.309. The van der Waals surface area contributed by atoms with Crippen LogP contribution in [0, 0.1) is 0 Å². The molecule has 0 atom stereocenters. The van der Waals surface area contributed by atoms with Crippen LogP contribution >= 0.6 is 0 Å². The molecule has 252 valence electrons. The second-order valence-electron chi connectivity index (χ2n) is 12.4. The minimum Gasteiger partial charge on any atom is -0.456 e. The first-order valence-electron chi connectivity index (χ1n) is 24.8. The molecule has 0 aliphatic rings. The summed E-state index contributed by atoms with van der Waals surface area (Å²) in [7, 11) is 0. The van der Waals surface area contributed by atoms with E-state index in [-0.39, 0.29) is 60.3 Å². The van der Waals surface area contributed by atoms with Gasteiger partial charge in [0.1, 0.15) is 11.2 Å². The van der Waals surface area contributed by atoms with Crippen molar-refractivity contribution < 1.29 is 26.3 Å². The minimum atomic E-state index is -0.736. The first-order chi connectivity index (χ1) is 33.4. The average molecular weight is 707 g/mol. The number of hydrogen-bond acceptors (Lipinski definition) is 4. The van der Waals surface area contributed by atoms with Crippen molar-refractivity contribution in [2.24, 2.45) is 0 Å². The number of aromatic nitrogens is 4. The maximum absolute atomic E-state index is 10.1. The predicted octanol–water partition coefficient (Wildman–Crippen LogP) is 12.7. The van der Waals surface area contributed by atoms with E-state index in [1.165, 1.54) is 0 Å². The van der Waals surface area contributed by atoms with Gasteiger partial charge in [-0.1, -0.05) is 145 Å². The number of hydrogen-bond donors (Lipinski definition) is 0. The summed E-state index contributed by atoms with van der Waals surface area (Å²) < 4.78 is 152. The molecule has 0 saturated carbocycles. The lowest BCUT2D eigenvalue weighted by molar-refractivity contribution is 0.668. The molecule has 3 aromatic heterocycles. The van der Waals surface area contributed by atoms with Crippen LogP contribution in [0.25, 0.3) is 105 Å². The molecule has 11 rings (SSSR count). The van der Waals surface area contributed by atoms with Gasteiger partial charge in [0.15, 0.2) is 17.5 Å². The number of rotatable bonds is 5. The quantitative estimate of drug-likeness (QED) is 0.179. The highest BCUT2D eigenvalue weighted by Crippen LogP contribution is 2.42. The molecule has 54 heavy (non-hydrogen) atoms. The van der Waals surface area contributed by atoms with Crippen LogP contribution in [-0.2, 0) is 0 Å². The van der Waals surface area contributed by atoms with E-state index in [0.717, 1.165) is 15.7 Å². The third-order valence-corrected chi connectivity index (χ3v) is 9.20. The molecule has 11 aromatic rings. The van der Waals surface area contributed by atoms with Crippen LogP contribution in [-0.4, -0.2) is 19.5 Å². The Hall–Kier alpha value is -7.37. The molecule has 3 heterocycles. The van der Waals surface area contributed by atoms with Crippen LogP contribution in [0.5, 0.6) is 0 Å². The standard InChI is InChI=1S/C49H30N4O/c1-3-13-32(14-4-1)47-50-48(33-15-5-2-6-16-33)52-49(51-47)34-25-23-31(24-26-34)40-29-37(30-45-46(40)39-20-10-12-22-44(39)54-45)53-42-21-11-9-19-38(42)41-27-35-17-7-8-18-36(35)28-43(41)53/h1-30H/i7D,8D,9D,10D,11D,12D,17D,18D,19D,20D,21D,22D,27D,28D,29D,30D. The number of nitrogens with zero attached hydrogens (tertiary/aromatic N) is 4. The maximum Gasteiger partial charge on any atom is 0.164 e. The Balaban J connectivity index is 1.27. The van der Waals surface area contributed by atoms with E-state index in [1.54, 1.807) is 24.3 Å². The Morgan fingerprint density at radius 2 is 1.00 bits per heavy atom. The molecule has 0 aliphatic heterocycles. The number of benzene rings is 8. The van der Waals surface area contributed by atoms with Gasteiger partial charge in [0.05, 0.1) is 38.7 Å². The van der Waals surface area contributed by atoms with Crippen molar-refractivity contribution in [3.8, 4) is 51.0 Å². The zero-order valence-corrected chi connectivity index (χ0v) is 27.8. The molecule has 8 aromatic carbocycles. The van der Waals surface area contributed by atoms with Gasteiger partial charge in [-0.05, 0) is 52.1 Å². The van der Waals surface area contributed by atoms with Gasteiger partial charge >= 0.3 is 0 Å². The Morgan fingerprint density at radius 1 is 0.444 bits per heavy atom. The molecule has 5 nitrogen and oxygen atoms in total. The highest BCUT2D eigenvalue weighted by molar-refractivity contribution is 6.16. The predicted molar refractivity (Wildman–Crippen MR) is 221 cm³/mol. The van der Waals surface area contributed by atoms with E-state index in [9.17, 15) is 6.85 Å². The van der Waals surface area contributed by atoms with E-state index in [4.69, 9.17) is 34.4 Å². The zero-order valence-electron chi connectivity index (χ0n) is 43.8. The molecular formula is C49H30N4O. The highest BCUT2D eigenvalue weighted by atomic mass is 16.3. The van der Waals surface area contributed by atoms with Gasteiger partial charge in [-0.2, -0.15) is 0 Å². The molecule has 0 fully saturated rings. The van der Waals surface area contributed by atoms with Gasteiger partial charge in [-0.15, -0.1) is 0 Å². The summed E-state index contributed by atoms with van der Waals surface area (Å²) in [4.78, 5) is 14.4. The minimum absolute atomic E-state index is 0.0434. The Bertz CT molecular complexity index is 4070. The second-order valence-corrected chi connectivity index (χ2v) is 12.4. The molecule has 0 radical (unpaired) electrons. The van der Waals surface area contributed by atoms with Gasteiger partial charge in [-0.3, -0.25) is 0 Å². The van der Waals surface area contributed by atoms with E-state index < -0.39 is 108 Å². The highest BCUT2D eigenvalue weighted by Gasteiger charge is 2.19. The summed E-state index contributed by atoms with van der Waals surface area (Å²) in [5, 5.41) is -1.61. The smallest absolute Gasteiger partial charge is 0.164 e. The molecule has 0 spiro atoms. The average Bonchev–Trinajstić information content (AvgIpc) is 3.95. The molecule has 0 aliphatic carbocycles. The summed E-state index contributed by atoms with van der Waals surface area (Å²) >= 11 is 0. The molecule has 0 N–H and O–H groups in total. The summed E-state index contributed by atoms with van der Waals surface area (Å²) in [5.74, 6) is 1.09. The lowest BCUT2D eigenvalue weighted by atomic mass is 9.97. The second kappa shape index (κ2) is 12.1. The number of fused-ring (bicyclic) bond motifs is 7. The lowest BCUT2D eigenvalue weighted by Crippen LogP contribution is -2.00. The van der Waals surface area contributed by atoms with E-state index in [1.807, 2.05) is 60.7 Å². The largest absolute Gasteiger partial charge is 0.456 e. The van der Waals surface area contributed by atoms with E-state index >= 15 is 0 Å². The zero-order chi connectivity index (χ0) is 49.5. The van der Waals surface area contributed by atoms with E-state index in [2.05, 4.69) is 0 Å². The SMILES string of the molecule is [2H]c1c([2H])c([2H])c2c(oc3c([2H])c(-n4c5c([2H])c([2H])c([2H])c([2H])c5c5c([2H])c6c([2H])c([2H])c([2H])c([2H])c6c([2H])c54)c([2H])c(-c4ccc(-c5nc(-c6ccccc6)nc(-c6ccccc6)n5)cc4)c32)c1[2H]. The third-order valence-electron chi connectivity index (χ3n) is 9.20. The first-order valence-corrected chi connectivity index (χ1v) is 16.8. The van der Waals surface area contributed by atoms with Gasteiger partial charge in [-0.25, -0.2) is 15.0 Å². The van der Waals surface area contributed by atoms with Crippen molar-refractivity contribution in [3.63, 3.8) is 0 Å². The Labute approximate surface area is 332 Å². The van der Waals surface area contributed by atoms with Gasteiger partial charge in [0.25, 0.3) is 0 Å². The van der Waals surface area contributed by atoms with Crippen molar-refractivity contribution in [1.82, 2.24) is 19.5 Å². The van der Waals surface area contributed by atoms with Crippen LogP contribution in [0.15, 0.2) is 186 Å². The van der Waals surface area contributed by atoms with Crippen molar-refractivity contribution in [3.05, 3.63) is 182 Å². The van der Waals surface area contributed by atoms with Gasteiger partial charge in [0.2, 0.25) is 0 Å². The van der Waals surface area contributed by atoms with Crippen LogP contribution in [0.4, 0.5) is 0 Å². The first kappa shape index (κ1) is 18.4. The molecule has 0 bridgehead atoms. The van der Waals surface area contributed by atoms with Crippen LogP contribution < -0.4 is 0 Å². The summed E-state index contributed by atoms with van der Waals surface area (Å²) in [6, 6.07) is 15.0. The van der Waals surface area contributed by atoms with E-state index in [0.29, 0.717) is 23.0 Å². The molecule has 0 unspecified atom stereocenters. The Kier molecular flexibility index (Phi) is 4.13. The van der Waals surface area contributed by atoms with Gasteiger partial charge < -0.3 is 8.98 Å². The number of furan rings is 1. The topological polar surface area (TPSA) is 56.7 Å². The molecule has 0 saturated heterocycles. The summed E-state index contributed by atoms with van der Waals surface area (Å²) in [6.07, 6.45) is 0. The summed E-state index contributed by atoms with van der Waals surface area (Å²) in [6.45, 7) is 0. The fourth-order valence-electron chi connectivity index (χ4n) is 6.72. The van der Waals surface area contributed by atoms with Gasteiger partial charge in [0, 0.05) is 44.3 Å². The van der Waals surface area contributed by atoms with Crippen molar-refractivity contribution in [2.75, 3.05) is 0 Å². The normalized spacial score (nSPS) is 15.9. The molecule has 0 amide bonds. The van der Waals surface area contributed by atoms with Crippen molar-refractivity contribution in [2.45, 2.75) is 0 Å². The van der Waals surface area contributed by atoms with Crippen molar-refractivity contribution in [1.29, 1.82) is 0 Å². The van der Waals surface area contributed by atoms with Crippen LogP contribution in [0.1, 0.15) is 21.9 Å².